The van der Waals surface area contributed by atoms with Crippen molar-refractivity contribution >= 4 is 23.7 Å². The number of aliphatic hydroxyl groups excluding tert-OH is 1. The van der Waals surface area contributed by atoms with Crippen LogP contribution in [0.4, 0.5) is 0 Å². The van der Waals surface area contributed by atoms with Gasteiger partial charge in [-0.3, -0.25) is 19.2 Å². The van der Waals surface area contributed by atoms with Crippen molar-refractivity contribution in [3.8, 4) is 0 Å². The van der Waals surface area contributed by atoms with Gasteiger partial charge in [0.25, 0.3) is 0 Å². The number of carbonyl (C=O) groups is 4. The van der Waals surface area contributed by atoms with Crippen LogP contribution in [0.2, 0.25) is 0 Å². The Morgan fingerprint density at radius 1 is 1.17 bits per heavy atom. The first-order chi connectivity index (χ1) is 22.2. The molecule has 252 valence electrons. The Labute approximate surface area is 273 Å². The minimum atomic E-state index is -1.13. The molecule has 0 aliphatic carbocycles. The average Bonchev–Trinajstić information content (AvgIpc) is 3.70. The maximum absolute atomic E-state index is 14.3. The predicted octanol–water partition coefficient (Wildman–Crippen LogP) is 4.09. The molecule has 10 heteroatoms. The molecule has 2 bridgehead atoms. The van der Waals surface area contributed by atoms with Gasteiger partial charge in [-0.05, 0) is 57.4 Å². The molecule has 3 amide bonds. The van der Waals surface area contributed by atoms with Gasteiger partial charge in [0, 0.05) is 32.7 Å². The summed E-state index contributed by atoms with van der Waals surface area (Å²) in [6, 6.07) is 7.84. The summed E-state index contributed by atoms with van der Waals surface area (Å²) in [6.45, 7) is 12.7. The van der Waals surface area contributed by atoms with E-state index in [0.717, 1.165) is 18.4 Å². The zero-order valence-corrected chi connectivity index (χ0v) is 27.4. The second kappa shape index (κ2) is 16.4. The van der Waals surface area contributed by atoms with Crippen molar-refractivity contribution in [1.29, 1.82) is 0 Å². The van der Waals surface area contributed by atoms with Gasteiger partial charge in [0.05, 0.1) is 24.0 Å². The number of aliphatic hydroxyl groups is 1. The zero-order chi connectivity index (χ0) is 33.3. The lowest BCUT2D eigenvalue weighted by atomic mass is 9.70. The fourth-order valence-electron chi connectivity index (χ4n) is 7.42. The van der Waals surface area contributed by atoms with Gasteiger partial charge in [0.2, 0.25) is 17.7 Å². The first-order valence-electron chi connectivity index (χ1n) is 16.9. The number of likely N-dealkylation sites (tertiary alicyclic amines) is 1. The number of allylic oxidation sites excluding steroid dienone is 1. The van der Waals surface area contributed by atoms with Crippen molar-refractivity contribution in [2.24, 2.45) is 11.8 Å². The molecule has 7 atom stereocenters. The highest BCUT2D eigenvalue weighted by Gasteiger charge is 2.75. The molecule has 0 aromatic heterocycles. The molecule has 46 heavy (non-hydrogen) atoms. The van der Waals surface area contributed by atoms with Crippen molar-refractivity contribution in [3.05, 3.63) is 61.2 Å². The van der Waals surface area contributed by atoms with Crippen LogP contribution in [0.25, 0.3) is 0 Å². The van der Waals surface area contributed by atoms with Gasteiger partial charge in [0.15, 0.2) is 0 Å². The second-order valence-electron chi connectivity index (χ2n) is 12.8. The zero-order valence-electron chi connectivity index (χ0n) is 27.4. The lowest BCUT2D eigenvalue weighted by Crippen LogP contribution is -2.56. The molecule has 1 aromatic rings. The lowest BCUT2D eigenvalue weighted by Gasteiger charge is -2.37. The number of hydrogen-bond acceptors (Lipinski definition) is 7. The van der Waals surface area contributed by atoms with Crippen LogP contribution in [0.15, 0.2) is 55.6 Å². The number of fused-ring (bicyclic) bond motifs is 1. The average molecular weight is 638 g/mol. The number of rotatable bonds is 19. The van der Waals surface area contributed by atoms with Crippen molar-refractivity contribution < 1.29 is 33.8 Å². The van der Waals surface area contributed by atoms with Crippen LogP contribution < -0.4 is 5.32 Å². The van der Waals surface area contributed by atoms with Gasteiger partial charge < -0.3 is 29.7 Å². The van der Waals surface area contributed by atoms with Gasteiger partial charge in [-0.2, -0.15) is 0 Å². The van der Waals surface area contributed by atoms with Crippen LogP contribution in [0.1, 0.15) is 83.3 Å². The smallest absolute Gasteiger partial charge is 0.313 e. The Morgan fingerprint density at radius 3 is 2.61 bits per heavy atom. The number of benzene rings is 1. The molecule has 3 aliphatic heterocycles. The standard InChI is InChI=1S/C36H51N3O7/c1-5-8-18-28(41)37-25(4)31(26-16-12-10-13-17-26)45-35(44)29-27-19-20-36(46-27)30(29)33(42)39(23-14-11-15-24-40)32(36)34(43)38(21-7-3)22-9-6-2/h5,7,10,12-13,16-17,25,27,29-32,40H,1,3,6,8-9,11,14-15,18-24H2,2,4H3,(H,37,41)/t25-,27+,29-,30-,31-,32+,36-/m0/s1. The monoisotopic (exact) mass is 637 g/mol. The van der Waals surface area contributed by atoms with Gasteiger partial charge >= 0.3 is 5.97 Å². The van der Waals surface area contributed by atoms with E-state index in [1.165, 1.54) is 0 Å². The van der Waals surface area contributed by atoms with E-state index in [-0.39, 0.29) is 30.7 Å². The molecule has 0 unspecified atom stereocenters. The summed E-state index contributed by atoms with van der Waals surface area (Å²) < 4.78 is 12.8. The lowest BCUT2D eigenvalue weighted by molar-refractivity contribution is -0.162. The molecule has 3 heterocycles. The second-order valence-corrected chi connectivity index (χ2v) is 12.8. The van der Waals surface area contributed by atoms with Crippen LogP contribution in [-0.2, 0) is 28.7 Å². The normalized spacial score (nSPS) is 25.9. The third-order valence-corrected chi connectivity index (χ3v) is 9.60. The molecule has 3 fully saturated rings. The number of hydrogen-bond donors (Lipinski definition) is 2. The summed E-state index contributed by atoms with van der Waals surface area (Å²) >= 11 is 0. The summed E-state index contributed by atoms with van der Waals surface area (Å²) in [7, 11) is 0. The minimum absolute atomic E-state index is 0.0570. The first-order valence-corrected chi connectivity index (χ1v) is 16.9. The van der Waals surface area contributed by atoms with E-state index in [1.54, 1.807) is 28.9 Å². The largest absolute Gasteiger partial charge is 0.455 e. The van der Waals surface area contributed by atoms with Crippen LogP contribution in [0, 0.1) is 11.8 Å². The molecule has 0 radical (unpaired) electrons. The topological polar surface area (TPSA) is 125 Å². The Morgan fingerprint density at radius 2 is 1.93 bits per heavy atom. The molecular weight excluding hydrogens is 586 g/mol. The van der Waals surface area contributed by atoms with Crippen molar-refractivity contribution in [1.82, 2.24) is 15.1 Å². The number of nitrogens with zero attached hydrogens (tertiary/aromatic N) is 2. The highest BCUT2D eigenvalue weighted by atomic mass is 16.6. The van der Waals surface area contributed by atoms with E-state index in [1.807, 2.05) is 30.3 Å². The Hall–Kier alpha value is -3.50. The Balaban J connectivity index is 1.63. The van der Waals surface area contributed by atoms with Crippen LogP contribution in [0.5, 0.6) is 0 Å². The number of unbranched alkanes of at least 4 members (excludes halogenated alkanes) is 3. The predicted molar refractivity (Wildman–Crippen MR) is 174 cm³/mol. The number of nitrogens with one attached hydrogen (secondary N) is 1. The molecule has 3 aliphatic rings. The van der Waals surface area contributed by atoms with Gasteiger partial charge in [-0.1, -0.05) is 55.8 Å². The molecule has 1 spiro atoms. The van der Waals surface area contributed by atoms with Crippen LogP contribution >= 0.6 is 0 Å². The van der Waals surface area contributed by atoms with Gasteiger partial charge in [0.1, 0.15) is 17.7 Å². The molecule has 4 rings (SSSR count). The summed E-state index contributed by atoms with van der Waals surface area (Å²) in [5, 5.41) is 12.3. The molecular formula is C36H51N3O7. The Kier molecular flexibility index (Phi) is 12.6. The van der Waals surface area contributed by atoms with E-state index in [4.69, 9.17) is 9.47 Å². The number of esters is 1. The first kappa shape index (κ1) is 35.4. The van der Waals surface area contributed by atoms with Gasteiger partial charge in [-0.15, -0.1) is 13.2 Å². The highest BCUT2D eigenvalue weighted by Crippen LogP contribution is 2.59. The molecule has 1 aromatic carbocycles. The SMILES string of the molecule is C=CCCC(=O)N[C@@H](C)[C@H](OC(=O)[C@@H]1[C@H]2C(=O)N(CCCCCO)[C@H](C(=O)N(CC=C)CCCC)[C@]23CC[C@H]1O3)c1ccccc1. The van der Waals surface area contributed by atoms with Crippen LogP contribution in [0.3, 0.4) is 0 Å². The minimum Gasteiger partial charge on any atom is -0.455 e. The van der Waals surface area contributed by atoms with E-state index in [2.05, 4.69) is 25.4 Å². The quantitative estimate of drug-likeness (QED) is 0.133. The fraction of sp³-hybridized carbons (Fsp3) is 0.611. The van der Waals surface area contributed by atoms with E-state index in [0.29, 0.717) is 58.2 Å². The number of carbonyl (C=O) groups excluding carboxylic acids is 4. The summed E-state index contributed by atoms with van der Waals surface area (Å²) in [5.41, 5.74) is -0.406. The summed E-state index contributed by atoms with van der Waals surface area (Å²) in [4.78, 5) is 58.8. The fourth-order valence-corrected chi connectivity index (χ4v) is 7.42. The highest BCUT2D eigenvalue weighted by molar-refractivity contribution is 5.98. The number of ether oxygens (including phenoxy) is 2. The third-order valence-electron chi connectivity index (χ3n) is 9.60. The molecule has 3 saturated heterocycles. The Bertz CT molecular complexity index is 1240. The summed E-state index contributed by atoms with van der Waals surface area (Å²) in [5.74, 6) is -2.91. The molecule has 10 nitrogen and oxygen atoms in total. The van der Waals surface area contributed by atoms with Crippen LogP contribution in [-0.4, -0.2) is 88.6 Å². The van der Waals surface area contributed by atoms with Crippen molar-refractivity contribution in [2.45, 2.75) is 102 Å². The molecule has 2 N–H and O–H groups in total. The van der Waals surface area contributed by atoms with E-state index in [9.17, 15) is 24.3 Å². The van der Waals surface area contributed by atoms with E-state index < -0.39 is 47.7 Å². The maximum atomic E-state index is 14.3. The maximum Gasteiger partial charge on any atom is 0.313 e. The van der Waals surface area contributed by atoms with E-state index >= 15 is 0 Å². The number of amides is 3. The van der Waals surface area contributed by atoms with Gasteiger partial charge in [-0.25, -0.2) is 0 Å². The molecule has 0 saturated carbocycles. The summed E-state index contributed by atoms with van der Waals surface area (Å²) in [6.07, 6.45) is 7.50. The third kappa shape index (κ3) is 7.39. The van der Waals surface area contributed by atoms with Crippen molar-refractivity contribution in [3.63, 3.8) is 0 Å². The van der Waals surface area contributed by atoms with Crippen molar-refractivity contribution in [2.75, 3.05) is 26.2 Å².